The summed E-state index contributed by atoms with van der Waals surface area (Å²) in [5.41, 5.74) is 9.39. The minimum absolute atomic E-state index is 0.0373. The Morgan fingerprint density at radius 2 is 2.00 bits per heavy atom. The molecule has 1 atom stereocenters. The van der Waals surface area contributed by atoms with Crippen molar-refractivity contribution in [3.63, 3.8) is 0 Å². The molecule has 2 heterocycles. The number of nitrogens with two attached hydrogens (primary N) is 1. The summed E-state index contributed by atoms with van der Waals surface area (Å²) in [7, 11) is 2.00. The molecule has 0 aliphatic rings. The molecule has 1 aromatic carbocycles. The molecule has 3 rings (SSSR count). The van der Waals surface area contributed by atoms with E-state index in [1.165, 1.54) is 0 Å². The molecule has 0 spiro atoms. The number of rotatable bonds is 3. The van der Waals surface area contributed by atoms with E-state index in [9.17, 15) is 0 Å². The number of hydrogen-bond donors (Lipinski definition) is 1. The standard InChI is InChI=1S/C15H16N4/c1-19-14-10-17-8-7-13(14)18-15(19)9-12(16)11-5-3-2-4-6-11/h2-8,10,12H,9,16H2,1H3. The van der Waals surface area contributed by atoms with E-state index in [4.69, 9.17) is 5.73 Å². The van der Waals surface area contributed by atoms with Crippen molar-refractivity contribution in [3.8, 4) is 0 Å². The highest BCUT2D eigenvalue weighted by Gasteiger charge is 2.12. The molecular formula is C15H16N4. The molecule has 1 unspecified atom stereocenters. The zero-order valence-corrected chi connectivity index (χ0v) is 10.8. The lowest BCUT2D eigenvalue weighted by Crippen LogP contribution is -2.15. The summed E-state index contributed by atoms with van der Waals surface area (Å²) in [6.07, 6.45) is 4.31. The van der Waals surface area contributed by atoms with E-state index in [0.717, 1.165) is 28.8 Å². The number of nitrogens with zero attached hydrogens (tertiary/aromatic N) is 3. The van der Waals surface area contributed by atoms with Crippen molar-refractivity contribution in [1.29, 1.82) is 0 Å². The SMILES string of the molecule is Cn1c(CC(N)c2ccccc2)nc2ccncc21. The van der Waals surface area contributed by atoms with Crippen LogP contribution in [0.4, 0.5) is 0 Å². The number of aryl methyl sites for hydroxylation is 1. The number of hydrogen-bond acceptors (Lipinski definition) is 3. The van der Waals surface area contributed by atoms with Gasteiger partial charge in [-0.3, -0.25) is 4.98 Å². The number of fused-ring (bicyclic) bond motifs is 1. The third-order valence-electron chi connectivity index (χ3n) is 3.41. The smallest absolute Gasteiger partial charge is 0.111 e. The second kappa shape index (κ2) is 4.82. The molecule has 4 nitrogen and oxygen atoms in total. The Hall–Kier alpha value is -2.20. The van der Waals surface area contributed by atoms with Crippen LogP contribution in [0, 0.1) is 0 Å². The predicted molar refractivity (Wildman–Crippen MR) is 75.6 cm³/mol. The lowest BCUT2D eigenvalue weighted by molar-refractivity contribution is 0.665. The third-order valence-corrected chi connectivity index (χ3v) is 3.41. The van der Waals surface area contributed by atoms with E-state index in [1.54, 1.807) is 6.20 Å². The summed E-state index contributed by atoms with van der Waals surface area (Å²) < 4.78 is 2.06. The van der Waals surface area contributed by atoms with E-state index in [2.05, 4.69) is 26.7 Å². The van der Waals surface area contributed by atoms with Crippen molar-refractivity contribution in [2.24, 2.45) is 12.8 Å². The first-order valence-corrected chi connectivity index (χ1v) is 6.31. The maximum Gasteiger partial charge on any atom is 0.111 e. The first-order valence-electron chi connectivity index (χ1n) is 6.31. The van der Waals surface area contributed by atoms with Crippen LogP contribution in [0.1, 0.15) is 17.4 Å². The number of imidazole rings is 1. The van der Waals surface area contributed by atoms with Gasteiger partial charge in [0.15, 0.2) is 0 Å². The molecule has 0 bridgehead atoms. The number of pyridine rings is 1. The van der Waals surface area contributed by atoms with Crippen LogP contribution in [-0.4, -0.2) is 14.5 Å². The third kappa shape index (κ3) is 2.22. The molecule has 0 aliphatic carbocycles. The van der Waals surface area contributed by atoms with Gasteiger partial charge in [-0.25, -0.2) is 4.98 Å². The summed E-state index contributed by atoms with van der Waals surface area (Å²) in [6.45, 7) is 0. The fourth-order valence-corrected chi connectivity index (χ4v) is 2.28. The molecule has 3 aromatic rings. The highest BCUT2D eigenvalue weighted by Crippen LogP contribution is 2.18. The van der Waals surface area contributed by atoms with E-state index in [0.29, 0.717) is 0 Å². The lowest BCUT2D eigenvalue weighted by atomic mass is 10.0. The normalized spacial score (nSPS) is 12.7. The van der Waals surface area contributed by atoms with Gasteiger partial charge in [0.1, 0.15) is 5.82 Å². The Balaban J connectivity index is 1.91. The van der Waals surface area contributed by atoms with Crippen molar-refractivity contribution < 1.29 is 0 Å². The molecule has 2 N–H and O–H groups in total. The molecule has 0 aliphatic heterocycles. The van der Waals surface area contributed by atoms with Gasteiger partial charge in [-0.05, 0) is 11.6 Å². The van der Waals surface area contributed by atoms with Crippen LogP contribution in [0.5, 0.6) is 0 Å². The highest BCUT2D eigenvalue weighted by atomic mass is 15.1. The Morgan fingerprint density at radius 3 is 2.74 bits per heavy atom. The Labute approximate surface area is 111 Å². The average Bonchev–Trinajstić information content (AvgIpc) is 2.77. The summed E-state index contributed by atoms with van der Waals surface area (Å²) in [5.74, 6) is 0.986. The second-order valence-electron chi connectivity index (χ2n) is 4.67. The maximum atomic E-state index is 6.25. The van der Waals surface area contributed by atoms with Gasteiger partial charge in [-0.2, -0.15) is 0 Å². The van der Waals surface area contributed by atoms with Crippen molar-refractivity contribution in [3.05, 3.63) is 60.2 Å². The highest BCUT2D eigenvalue weighted by molar-refractivity contribution is 5.74. The van der Waals surface area contributed by atoms with Crippen LogP contribution in [0.15, 0.2) is 48.8 Å². The van der Waals surface area contributed by atoms with Crippen LogP contribution >= 0.6 is 0 Å². The molecular weight excluding hydrogens is 236 g/mol. The second-order valence-corrected chi connectivity index (χ2v) is 4.67. The van der Waals surface area contributed by atoms with Gasteiger partial charge in [0.2, 0.25) is 0 Å². The minimum Gasteiger partial charge on any atom is -0.330 e. The summed E-state index contributed by atoms with van der Waals surface area (Å²) in [4.78, 5) is 8.75. The molecule has 0 amide bonds. The zero-order chi connectivity index (χ0) is 13.2. The summed E-state index contributed by atoms with van der Waals surface area (Å²) in [6, 6.07) is 12.0. The van der Waals surface area contributed by atoms with Gasteiger partial charge < -0.3 is 10.3 Å². The zero-order valence-electron chi connectivity index (χ0n) is 10.8. The van der Waals surface area contributed by atoms with Gasteiger partial charge in [0, 0.05) is 25.7 Å². The molecule has 0 radical (unpaired) electrons. The maximum absolute atomic E-state index is 6.25. The fraction of sp³-hybridized carbons (Fsp3) is 0.200. The average molecular weight is 252 g/mol. The van der Waals surface area contributed by atoms with Gasteiger partial charge in [-0.15, -0.1) is 0 Å². The molecule has 96 valence electrons. The van der Waals surface area contributed by atoms with Crippen LogP contribution in [-0.2, 0) is 13.5 Å². The quantitative estimate of drug-likeness (QED) is 0.777. The van der Waals surface area contributed by atoms with Gasteiger partial charge in [0.25, 0.3) is 0 Å². The summed E-state index contributed by atoms with van der Waals surface area (Å²) in [5, 5.41) is 0. The molecule has 0 fully saturated rings. The van der Waals surface area contributed by atoms with E-state index >= 15 is 0 Å². The van der Waals surface area contributed by atoms with Crippen molar-refractivity contribution >= 4 is 11.0 Å². The van der Waals surface area contributed by atoms with Crippen molar-refractivity contribution in [2.45, 2.75) is 12.5 Å². The molecule has 4 heteroatoms. The van der Waals surface area contributed by atoms with Crippen molar-refractivity contribution in [1.82, 2.24) is 14.5 Å². The van der Waals surface area contributed by atoms with E-state index in [-0.39, 0.29) is 6.04 Å². The number of aromatic nitrogens is 3. The van der Waals surface area contributed by atoms with Crippen LogP contribution in [0.25, 0.3) is 11.0 Å². The van der Waals surface area contributed by atoms with Crippen LogP contribution in [0.3, 0.4) is 0 Å². The van der Waals surface area contributed by atoms with Gasteiger partial charge >= 0.3 is 0 Å². The lowest BCUT2D eigenvalue weighted by Gasteiger charge is -2.11. The minimum atomic E-state index is -0.0373. The van der Waals surface area contributed by atoms with Crippen LogP contribution < -0.4 is 5.73 Å². The Kier molecular flexibility index (Phi) is 3.01. The van der Waals surface area contributed by atoms with Crippen LogP contribution in [0.2, 0.25) is 0 Å². The fourth-order valence-electron chi connectivity index (χ4n) is 2.28. The largest absolute Gasteiger partial charge is 0.330 e. The van der Waals surface area contributed by atoms with Gasteiger partial charge in [0.05, 0.1) is 17.2 Å². The molecule has 0 saturated carbocycles. The Bertz CT molecular complexity index is 688. The Morgan fingerprint density at radius 1 is 1.21 bits per heavy atom. The molecule has 2 aromatic heterocycles. The van der Waals surface area contributed by atoms with E-state index < -0.39 is 0 Å². The predicted octanol–water partition coefficient (Wildman–Crippen LogP) is 2.21. The molecule has 0 saturated heterocycles. The molecule has 19 heavy (non-hydrogen) atoms. The monoisotopic (exact) mass is 252 g/mol. The van der Waals surface area contributed by atoms with Gasteiger partial charge in [-0.1, -0.05) is 30.3 Å². The summed E-state index contributed by atoms with van der Waals surface area (Å²) >= 11 is 0. The van der Waals surface area contributed by atoms with E-state index in [1.807, 2.05) is 37.5 Å². The first kappa shape index (κ1) is 11.9. The first-order chi connectivity index (χ1) is 9.25. The van der Waals surface area contributed by atoms with Crippen molar-refractivity contribution in [2.75, 3.05) is 0 Å². The topological polar surface area (TPSA) is 56.7 Å². The number of benzene rings is 1.